The zero-order valence-corrected chi connectivity index (χ0v) is 13.7. The molecule has 1 aromatic carbocycles. The smallest absolute Gasteiger partial charge is 0.243 e. The summed E-state index contributed by atoms with van der Waals surface area (Å²) < 4.78 is 50.3. The Balaban J connectivity index is 1.70. The standard InChI is InChI=1S/C15H16FN3O4S/c1-22-14-8-17-9-15(18-14)23-12-5-6-19(10-12)24(20,21)13-4-2-3-11(16)7-13/h2-4,7-9,12H,5-6,10H2,1H3. The third kappa shape index (κ3) is 3.46. The fourth-order valence-electron chi connectivity index (χ4n) is 2.45. The van der Waals surface area contributed by atoms with Crippen molar-refractivity contribution in [1.82, 2.24) is 14.3 Å². The summed E-state index contributed by atoms with van der Waals surface area (Å²) in [5.74, 6) is -0.00573. The molecule has 1 aliphatic rings. The summed E-state index contributed by atoms with van der Waals surface area (Å²) in [6.45, 7) is 0.457. The molecule has 1 aromatic heterocycles. The van der Waals surface area contributed by atoms with Crippen LogP contribution in [0.4, 0.5) is 4.39 Å². The van der Waals surface area contributed by atoms with Crippen LogP contribution in [0.25, 0.3) is 0 Å². The number of methoxy groups -OCH3 is 1. The van der Waals surface area contributed by atoms with E-state index >= 15 is 0 Å². The predicted molar refractivity (Wildman–Crippen MR) is 82.8 cm³/mol. The third-order valence-electron chi connectivity index (χ3n) is 3.63. The van der Waals surface area contributed by atoms with Gasteiger partial charge in [0.25, 0.3) is 0 Å². The quantitative estimate of drug-likeness (QED) is 0.810. The topological polar surface area (TPSA) is 81.6 Å². The number of sulfonamides is 1. The van der Waals surface area contributed by atoms with Crippen molar-refractivity contribution in [1.29, 1.82) is 0 Å². The lowest BCUT2D eigenvalue weighted by molar-refractivity contribution is 0.203. The van der Waals surface area contributed by atoms with Crippen LogP contribution in [0, 0.1) is 5.82 Å². The molecule has 0 radical (unpaired) electrons. The molecule has 0 bridgehead atoms. The molecule has 0 saturated carbocycles. The highest BCUT2D eigenvalue weighted by atomic mass is 32.2. The minimum absolute atomic E-state index is 0.0654. The van der Waals surface area contributed by atoms with Crippen molar-refractivity contribution in [3.8, 4) is 11.8 Å². The molecule has 7 nitrogen and oxygen atoms in total. The van der Waals surface area contributed by atoms with Crippen LogP contribution in [0.1, 0.15) is 6.42 Å². The zero-order chi connectivity index (χ0) is 17.2. The Morgan fingerprint density at radius 2 is 2.08 bits per heavy atom. The summed E-state index contributed by atoms with van der Waals surface area (Å²) in [5.41, 5.74) is 0. The number of benzene rings is 1. The van der Waals surface area contributed by atoms with Crippen molar-refractivity contribution in [3.63, 3.8) is 0 Å². The molecule has 1 unspecified atom stereocenters. The second-order valence-electron chi connectivity index (χ2n) is 5.25. The molecule has 0 spiro atoms. The molecule has 0 aliphatic carbocycles. The summed E-state index contributed by atoms with van der Waals surface area (Å²) >= 11 is 0. The van der Waals surface area contributed by atoms with E-state index in [9.17, 15) is 12.8 Å². The van der Waals surface area contributed by atoms with Gasteiger partial charge in [-0.3, -0.25) is 4.98 Å². The van der Waals surface area contributed by atoms with Gasteiger partial charge in [0.2, 0.25) is 21.8 Å². The molecule has 0 N–H and O–H groups in total. The van der Waals surface area contributed by atoms with Gasteiger partial charge < -0.3 is 9.47 Å². The van der Waals surface area contributed by atoms with Crippen LogP contribution in [0.5, 0.6) is 11.8 Å². The Bertz CT molecular complexity index is 831. The fraction of sp³-hybridized carbons (Fsp3) is 0.333. The highest BCUT2D eigenvalue weighted by molar-refractivity contribution is 7.89. The van der Waals surface area contributed by atoms with E-state index in [1.165, 1.54) is 42.0 Å². The molecule has 9 heteroatoms. The van der Waals surface area contributed by atoms with Crippen molar-refractivity contribution in [3.05, 3.63) is 42.5 Å². The summed E-state index contributed by atoms with van der Waals surface area (Å²) in [7, 11) is -2.28. The van der Waals surface area contributed by atoms with Gasteiger partial charge in [-0.25, -0.2) is 12.8 Å². The van der Waals surface area contributed by atoms with Crippen LogP contribution in [0.15, 0.2) is 41.6 Å². The minimum Gasteiger partial charge on any atom is -0.480 e. The van der Waals surface area contributed by atoms with Gasteiger partial charge in [-0.05, 0) is 24.6 Å². The molecule has 3 rings (SSSR count). The highest BCUT2D eigenvalue weighted by Gasteiger charge is 2.34. The first-order chi connectivity index (χ1) is 11.5. The maximum atomic E-state index is 13.3. The average Bonchev–Trinajstić information content (AvgIpc) is 3.04. The van der Waals surface area contributed by atoms with Crippen LogP contribution in [0.3, 0.4) is 0 Å². The molecule has 24 heavy (non-hydrogen) atoms. The Hall–Kier alpha value is -2.26. The van der Waals surface area contributed by atoms with Crippen LogP contribution in [-0.2, 0) is 10.0 Å². The van der Waals surface area contributed by atoms with Crippen molar-refractivity contribution < 1.29 is 22.3 Å². The number of aromatic nitrogens is 2. The Morgan fingerprint density at radius 1 is 1.29 bits per heavy atom. The molecule has 0 amide bonds. The number of rotatable bonds is 5. The highest BCUT2D eigenvalue weighted by Crippen LogP contribution is 2.24. The first kappa shape index (κ1) is 16.6. The van der Waals surface area contributed by atoms with E-state index in [1.54, 1.807) is 0 Å². The van der Waals surface area contributed by atoms with Crippen LogP contribution in [-0.4, -0.2) is 49.0 Å². The second kappa shape index (κ2) is 6.70. The SMILES string of the molecule is COc1cncc(OC2CCN(S(=O)(=O)c3cccc(F)c3)C2)n1. The number of ether oxygens (including phenoxy) is 2. The molecule has 1 atom stereocenters. The van der Waals surface area contributed by atoms with Crippen LogP contribution >= 0.6 is 0 Å². The van der Waals surface area contributed by atoms with E-state index in [2.05, 4.69) is 9.97 Å². The van der Waals surface area contributed by atoms with Crippen LogP contribution < -0.4 is 9.47 Å². The Labute approximate surface area is 139 Å². The van der Waals surface area contributed by atoms with Gasteiger partial charge in [0, 0.05) is 6.54 Å². The van der Waals surface area contributed by atoms with Crippen molar-refractivity contribution in [2.75, 3.05) is 20.2 Å². The lowest BCUT2D eigenvalue weighted by Crippen LogP contribution is -2.31. The van der Waals surface area contributed by atoms with Gasteiger partial charge in [-0.1, -0.05) is 6.07 Å². The molecular weight excluding hydrogens is 337 g/mol. The first-order valence-electron chi connectivity index (χ1n) is 7.27. The Morgan fingerprint density at radius 3 is 2.83 bits per heavy atom. The summed E-state index contributed by atoms with van der Waals surface area (Å²) in [5, 5.41) is 0. The summed E-state index contributed by atoms with van der Waals surface area (Å²) in [4.78, 5) is 7.96. The summed E-state index contributed by atoms with van der Waals surface area (Å²) in [6, 6.07) is 4.96. The van der Waals surface area contributed by atoms with Crippen molar-refractivity contribution in [2.45, 2.75) is 17.4 Å². The normalized spacial score (nSPS) is 18.5. The first-order valence-corrected chi connectivity index (χ1v) is 8.71. The largest absolute Gasteiger partial charge is 0.480 e. The number of hydrogen-bond acceptors (Lipinski definition) is 6. The zero-order valence-electron chi connectivity index (χ0n) is 12.9. The van der Waals surface area contributed by atoms with Crippen molar-refractivity contribution >= 4 is 10.0 Å². The lowest BCUT2D eigenvalue weighted by Gasteiger charge is -2.17. The maximum Gasteiger partial charge on any atom is 0.243 e. The van der Waals surface area contributed by atoms with Gasteiger partial charge in [0.15, 0.2) is 0 Å². The fourth-order valence-corrected chi connectivity index (χ4v) is 3.96. The van der Waals surface area contributed by atoms with E-state index in [-0.39, 0.29) is 23.4 Å². The molecular formula is C15H16FN3O4S. The molecule has 1 saturated heterocycles. The molecule has 128 valence electrons. The van der Waals surface area contributed by atoms with E-state index in [1.807, 2.05) is 0 Å². The molecule has 1 aliphatic heterocycles. The molecule has 2 heterocycles. The van der Waals surface area contributed by atoms with Gasteiger partial charge in [-0.2, -0.15) is 9.29 Å². The van der Waals surface area contributed by atoms with E-state index in [4.69, 9.17) is 9.47 Å². The van der Waals surface area contributed by atoms with E-state index < -0.39 is 15.8 Å². The van der Waals surface area contributed by atoms with Crippen LogP contribution in [0.2, 0.25) is 0 Å². The van der Waals surface area contributed by atoms with E-state index in [0.717, 1.165) is 6.07 Å². The minimum atomic E-state index is -3.75. The number of halogens is 1. The monoisotopic (exact) mass is 353 g/mol. The molecule has 1 fully saturated rings. The Kier molecular flexibility index (Phi) is 4.63. The average molecular weight is 353 g/mol. The second-order valence-corrected chi connectivity index (χ2v) is 7.19. The van der Waals surface area contributed by atoms with Gasteiger partial charge in [-0.15, -0.1) is 0 Å². The van der Waals surface area contributed by atoms with E-state index in [0.29, 0.717) is 18.8 Å². The number of hydrogen-bond donors (Lipinski definition) is 0. The van der Waals surface area contributed by atoms with Crippen molar-refractivity contribution in [2.24, 2.45) is 0 Å². The van der Waals surface area contributed by atoms with Gasteiger partial charge in [0.05, 0.1) is 30.9 Å². The maximum absolute atomic E-state index is 13.3. The molecule has 2 aromatic rings. The van der Waals surface area contributed by atoms with Gasteiger partial charge in [0.1, 0.15) is 11.9 Å². The lowest BCUT2D eigenvalue weighted by atomic mass is 10.3. The summed E-state index contributed by atoms with van der Waals surface area (Å²) in [6.07, 6.45) is 3.04. The third-order valence-corrected chi connectivity index (χ3v) is 5.49. The number of nitrogens with zero attached hydrogens (tertiary/aromatic N) is 3. The van der Waals surface area contributed by atoms with Gasteiger partial charge >= 0.3 is 0 Å². The predicted octanol–water partition coefficient (Wildman–Crippen LogP) is 1.47.